The van der Waals surface area contributed by atoms with Crippen LogP contribution in [0.4, 0.5) is 5.82 Å². The molecule has 0 spiro atoms. The van der Waals surface area contributed by atoms with Gasteiger partial charge >= 0.3 is 5.97 Å². The van der Waals surface area contributed by atoms with Crippen molar-refractivity contribution < 1.29 is 19.5 Å². The number of unbranched alkanes of at least 4 members (excludes halogenated alkanes) is 1. The molecule has 8 heteroatoms. The van der Waals surface area contributed by atoms with Crippen LogP contribution in [0.5, 0.6) is 0 Å². The number of carboxylic acid groups (broad SMARTS) is 1. The van der Waals surface area contributed by atoms with Gasteiger partial charge in [-0.05, 0) is 68.6 Å². The first-order valence-electron chi connectivity index (χ1n) is 12.6. The number of amides is 2. The first-order valence-corrected chi connectivity index (χ1v) is 12.6. The van der Waals surface area contributed by atoms with E-state index in [2.05, 4.69) is 33.1 Å². The van der Waals surface area contributed by atoms with Gasteiger partial charge in [0.1, 0.15) is 11.9 Å². The van der Waals surface area contributed by atoms with E-state index in [1.165, 1.54) is 5.56 Å². The van der Waals surface area contributed by atoms with E-state index in [0.717, 1.165) is 62.1 Å². The van der Waals surface area contributed by atoms with Crippen molar-refractivity contribution in [1.82, 2.24) is 15.6 Å². The van der Waals surface area contributed by atoms with Gasteiger partial charge in [-0.15, -0.1) is 0 Å². The Morgan fingerprint density at radius 3 is 2.57 bits per heavy atom. The van der Waals surface area contributed by atoms with Crippen molar-refractivity contribution in [1.29, 1.82) is 0 Å². The minimum Gasteiger partial charge on any atom is -0.480 e. The molecule has 0 radical (unpaired) electrons. The van der Waals surface area contributed by atoms with Gasteiger partial charge in [0.05, 0.1) is 0 Å². The van der Waals surface area contributed by atoms with Crippen LogP contribution in [0.3, 0.4) is 0 Å². The fourth-order valence-electron chi connectivity index (χ4n) is 4.17. The summed E-state index contributed by atoms with van der Waals surface area (Å²) >= 11 is 0. The summed E-state index contributed by atoms with van der Waals surface area (Å²) in [6.45, 7) is 1.17. The first-order chi connectivity index (χ1) is 17.0. The Morgan fingerprint density at radius 1 is 0.971 bits per heavy atom. The van der Waals surface area contributed by atoms with E-state index in [0.29, 0.717) is 12.8 Å². The van der Waals surface area contributed by atoms with Crippen LogP contribution in [0.15, 0.2) is 42.5 Å². The number of hydrogen-bond donors (Lipinski definition) is 4. The molecule has 2 amide bonds. The van der Waals surface area contributed by atoms with E-state index >= 15 is 0 Å². The molecular weight excluding hydrogens is 444 g/mol. The largest absolute Gasteiger partial charge is 0.480 e. The van der Waals surface area contributed by atoms with Crippen LogP contribution in [0, 0.1) is 0 Å². The van der Waals surface area contributed by atoms with Crippen LogP contribution in [-0.4, -0.2) is 47.0 Å². The Labute approximate surface area is 206 Å². The third-order valence-corrected chi connectivity index (χ3v) is 6.14. The molecular formula is C27H36N4O4. The Balaban J connectivity index is 1.27. The summed E-state index contributed by atoms with van der Waals surface area (Å²) in [5.74, 6) is -0.500. The summed E-state index contributed by atoms with van der Waals surface area (Å²) in [7, 11) is 0. The zero-order valence-corrected chi connectivity index (χ0v) is 20.2. The molecule has 0 fully saturated rings. The second kappa shape index (κ2) is 14.1. The Bertz CT molecular complexity index is 980. The molecule has 188 valence electrons. The van der Waals surface area contributed by atoms with Crippen molar-refractivity contribution in [2.45, 2.75) is 70.3 Å². The van der Waals surface area contributed by atoms with Gasteiger partial charge in [0.25, 0.3) is 0 Å². The molecule has 3 rings (SSSR count). The lowest BCUT2D eigenvalue weighted by atomic mass is 10.1. The summed E-state index contributed by atoms with van der Waals surface area (Å²) in [6.07, 6.45) is 6.82. The molecule has 1 unspecified atom stereocenters. The molecule has 0 bridgehead atoms. The first kappa shape index (κ1) is 26.2. The van der Waals surface area contributed by atoms with Crippen molar-refractivity contribution in [3.63, 3.8) is 0 Å². The Hall–Kier alpha value is -3.42. The maximum atomic E-state index is 12.1. The topological polar surface area (TPSA) is 120 Å². The number of aryl methyl sites for hydroxylation is 3. The number of rotatable bonds is 14. The second-order valence-electron chi connectivity index (χ2n) is 8.98. The smallest absolute Gasteiger partial charge is 0.326 e. The van der Waals surface area contributed by atoms with Gasteiger partial charge in [-0.2, -0.15) is 0 Å². The molecule has 0 saturated carbocycles. The van der Waals surface area contributed by atoms with Crippen LogP contribution in [0.2, 0.25) is 0 Å². The molecule has 8 nitrogen and oxygen atoms in total. The summed E-state index contributed by atoms with van der Waals surface area (Å²) in [6, 6.07) is 13.0. The number of nitrogens with one attached hydrogen (secondary N) is 3. The van der Waals surface area contributed by atoms with Gasteiger partial charge in [-0.25, -0.2) is 9.78 Å². The summed E-state index contributed by atoms with van der Waals surface area (Å²) < 4.78 is 0. The van der Waals surface area contributed by atoms with Crippen molar-refractivity contribution in [3.8, 4) is 0 Å². The highest BCUT2D eigenvalue weighted by atomic mass is 16.4. The lowest BCUT2D eigenvalue weighted by Crippen LogP contribution is -2.43. The third-order valence-electron chi connectivity index (χ3n) is 6.14. The molecule has 2 heterocycles. The monoisotopic (exact) mass is 480 g/mol. The van der Waals surface area contributed by atoms with Crippen LogP contribution in [0.25, 0.3) is 0 Å². The lowest BCUT2D eigenvalue weighted by Gasteiger charge is -2.17. The average Bonchev–Trinajstić information content (AvgIpc) is 2.86. The van der Waals surface area contributed by atoms with Crippen LogP contribution in [-0.2, 0) is 33.6 Å². The van der Waals surface area contributed by atoms with E-state index in [9.17, 15) is 19.5 Å². The molecule has 0 aliphatic carbocycles. The zero-order valence-electron chi connectivity index (χ0n) is 20.2. The average molecular weight is 481 g/mol. The number of hydrogen-bond acceptors (Lipinski definition) is 5. The molecule has 1 aromatic heterocycles. The van der Waals surface area contributed by atoms with E-state index in [4.69, 9.17) is 0 Å². The molecule has 35 heavy (non-hydrogen) atoms. The van der Waals surface area contributed by atoms with Crippen molar-refractivity contribution in [3.05, 3.63) is 59.3 Å². The Morgan fingerprint density at radius 2 is 1.77 bits per heavy atom. The molecule has 2 aromatic rings. The Kier molecular flexibility index (Phi) is 10.5. The molecule has 1 aliphatic rings. The predicted molar refractivity (Wildman–Crippen MR) is 135 cm³/mol. The highest BCUT2D eigenvalue weighted by Crippen LogP contribution is 2.20. The minimum atomic E-state index is -1.09. The van der Waals surface area contributed by atoms with Gasteiger partial charge in [0.15, 0.2) is 0 Å². The standard InChI is InChI=1S/C27H36N4O4/c32-24(13-5-4-12-22-16-15-21-11-7-18-29-26(21)30-22)28-19-17-23(27(34)35)31-25(33)14-6-10-20-8-2-1-3-9-20/h1-3,8-9,15-16,23H,4-7,10-14,17-19H2,(H,28,32)(H,29,30)(H,31,33)(H,34,35). The SMILES string of the molecule is O=C(CCCCc1ccc2c(n1)NCCC2)NCCC(NC(=O)CCCc1ccccc1)C(=O)O. The molecule has 0 saturated heterocycles. The molecule has 1 atom stereocenters. The number of aromatic nitrogens is 1. The number of carboxylic acids is 1. The number of fused-ring (bicyclic) bond motifs is 1. The number of carbonyl (C=O) groups excluding carboxylic acids is 2. The van der Waals surface area contributed by atoms with Crippen LogP contribution < -0.4 is 16.0 Å². The number of pyridine rings is 1. The number of benzene rings is 1. The van der Waals surface area contributed by atoms with Gasteiger partial charge in [0.2, 0.25) is 11.8 Å². The summed E-state index contributed by atoms with van der Waals surface area (Å²) in [5.41, 5.74) is 3.44. The van der Waals surface area contributed by atoms with Gasteiger partial charge in [-0.1, -0.05) is 36.4 Å². The highest BCUT2D eigenvalue weighted by Gasteiger charge is 2.19. The maximum absolute atomic E-state index is 12.1. The summed E-state index contributed by atoms with van der Waals surface area (Å²) in [4.78, 5) is 40.4. The highest BCUT2D eigenvalue weighted by molar-refractivity contribution is 5.83. The van der Waals surface area contributed by atoms with Gasteiger partial charge in [0, 0.05) is 31.6 Å². The molecule has 4 N–H and O–H groups in total. The minimum absolute atomic E-state index is 0.108. The molecule has 1 aliphatic heterocycles. The predicted octanol–water partition coefficient (Wildman–Crippen LogP) is 3.25. The quantitative estimate of drug-likeness (QED) is 0.308. The normalized spacial score (nSPS) is 13.3. The second-order valence-corrected chi connectivity index (χ2v) is 8.98. The third kappa shape index (κ3) is 9.39. The van der Waals surface area contributed by atoms with Crippen LogP contribution >= 0.6 is 0 Å². The fourth-order valence-corrected chi connectivity index (χ4v) is 4.17. The maximum Gasteiger partial charge on any atom is 0.326 e. The van der Waals surface area contributed by atoms with Crippen LogP contribution in [0.1, 0.15) is 61.8 Å². The molecule has 1 aromatic carbocycles. The number of carbonyl (C=O) groups is 3. The van der Waals surface area contributed by atoms with Gasteiger partial charge in [-0.3, -0.25) is 9.59 Å². The zero-order chi connectivity index (χ0) is 24.9. The van der Waals surface area contributed by atoms with E-state index in [1.807, 2.05) is 30.3 Å². The number of anilines is 1. The number of aliphatic carboxylic acids is 1. The van der Waals surface area contributed by atoms with E-state index in [-0.39, 0.29) is 31.2 Å². The van der Waals surface area contributed by atoms with Gasteiger partial charge < -0.3 is 21.1 Å². The fraction of sp³-hybridized carbons (Fsp3) is 0.481. The van der Waals surface area contributed by atoms with E-state index in [1.54, 1.807) is 0 Å². The summed E-state index contributed by atoms with van der Waals surface area (Å²) in [5, 5.41) is 18.1. The van der Waals surface area contributed by atoms with E-state index < -0.39 is 12.0 Å². The van der Waals surface area contributed by atoms with Crippen molar-refractivity contribution in [2.75, 3.05) is 18.4 Å². The lowest BCUT2D eigenvalue weighted by molar-refractivity contribution is -0.142. The van der Waals surface area contributed by atoms with Crippen molar-refractivity contribution in [2.24, 2.45) is 0 Å². The van der Waals surface area contributed by atoms with Crippen molar-refractivity contribution >= 4 is 23.6 Å². The number of nitrogens with zero attached hydrogens (tertiary/aromatic N) is 1.